The molecule has 4 heterocycles. The van der Waals surface area contributed by atoms with Gasteiger partial charge in [-0.2, -0.15) is 4.98 Å². The number of hydrogen-bond donors (Lipinski definition) is 4. The summed E-state index contributed by atoms with van der Waals surface area (Å²) >= 11 is 0. The molecule has 0 bridgehead atoms. The largest absolute Gasteiger partial charge is 0.417 e. The van der Waals surface area contributed by atoms with E-state index >= 15 is 0 Å². The number of aliphatic hydroxyl groups is 2. The number of aromatic nitrogens is 7. The van der Waals surface area contributed by atoms with Crippen LogP contribution in [0.4, 0.5) is 17.6 Å². The van der Waals surface area contributed by atoms with Crippen LogP contribution >= 0.6 is 0 Å². The van der Waals surface area contributed by atoms with Gasteiger partial charge in [0.05, 0.1) is 23.6 Å². The van der Waals surface area contributed by atoms with Crippen LogP contribution in [0, 0.1) is 0 Å². The van der Waals surface area contributed by atoms with Crippen molar-refractivity contribution in [3.63, 3.8) is 0 Å². The summed E-state index contributed by atoms with van der Waals surface area (Å²) in [4.78, 5) is 26.9. The molecule has 5 rings (SSSR count). The van der Waals surface area contributed by atoms with Crippen LogP contribution in [0.2, 0.25) is 0 Å². The third-order valence-electron chi connectivity index (χ3n) is 6.64. The van der Waals surface area contributed by atoms with Crippen molar-refractivity contribution in [2.75, 3.05) is 17.2 Å². The average Bonchev–Trinajstić information content (AvgIpc) is 3.56. The third kappa shape index (κ3) is 5.74. The van der Waals surface area contributed by atoms with Crippen LogP contribution < -0.4 is 16.2 Å². The van der Waals surface area contributed by atoms with E-state index in [1.807, 2.05) is 55.8 Å². The van der Waals surface area contributed by atoms with Crippen molar-refractivity contribution in [2.45, 2.75) is 65.3 Å². The second-order valence-electron chi connectivity index (χ2n) is 10.8. The van der Waals surface area contributed by atoms with Crippen LogP contribution in [0.15, 0.2) is 57.9 Å². The molecule has 13 heteroatoms. The van der Waals surface area contributed by atoms with E-state index in [4.69, 9.17) is 9.40 Å². The van der Waals surface area contributed by atoms with Gasteiger partial charge in [-0.15, -0.1) is 10.2 Å². The Morgan fingerprint density at radius 3 is 2.48 bits per heavy atom. The second kappa shape index (κ2) is 11.7. The van der Waals surface area contributed by atoms with E-state index in [0.717, 1.165) is 12.0 Å². The maximum Gasteiger partial charge on any atom is 0.276 e. The van der Waals surface area contributed by atoms with E-state index in [-0.39, 0.29) is 35.9 Å². The van der Waals surface area contributed by atoms with Gasteiger partial charge in [-0.1, -0.05) is 37.3 Å². The van der Waals surface area contributed by atoms with Crippen LogP contribution in [-0.2, 0) is 12.1 Å². The number of aliphatic hydroxyl groups excluding tert-OH is 1. The number of hydrogen-bond acceptors (Lipinski definition) is 11. The Hall–Kier alpha value is -4.62. The first-order chi connectivity index (χ1) is 20.1. The van der Waals surface area contributed by atoms with E-state index in [1.54, 1.807) is 30.7 Å². The first-order valence-corrected chi connectivity index (χ1v) is 13.9. The smallest absolute Gasteiger partial charge is 0.276 e. The lowest BCUT2D eigenvalue weighted by atomic mass is 10.1. The van der Waals surface area contributed by atoms with Crippen molar-refractivity contribution in [3.05, 3.63) is 70.5 Å². The lowest BCUT2D eigenvalue weighted by Gasteiger charge is -2.19. The molecule has 0 saturated carbocycles. The van der Waals surface area contributed by atoms with Gasteiger partial charge in [0, 0.05) is 18.8 Å². The summed E-state index contributed by atoms with van der Waals surface area (Å²) < 4.78 is 9.38. The molecule has 220 valence electrons. The number of rotatable bonds is 11. The highest BCUT2D eigenvalue weighted by atomic mass is 16.4. The molecule has 42 heavy (non-hydrogen) atoms. The van der Waals surface area contributed by atoms with Crippen LogP contribution in [0.1, 0.15) is 64.6 Å². The molecule has 0 unspecified atom stereocenters. The Morgan fingerprint density at radius 1 is 1.07 bits per heavy atom. The normalized spacial score (nSPS) is 12.7. The van der Waals surface area contributed by atoms with E-state index in [1.165, 1.54) is 6.20 Å². The zero-order valence-corrected chi connectivity index (χ0v) is 24.2. The predicted octanol–water partition coefficient (Wildman–Crippen LogP) is 4.15. The van der Waals surface area contributed by atoms with Gasteiger partial charge in [-0.3, -0.25) is 9.48 Å². The minimum Gasteiger partial charge on any atom is -0.417 e. The van der Waals surface area contributed by atoms with Crippen molar-refractivity contribution >= 4 is 28.6 Å². The summed E-state index contributed by atoms with van der Waals surface area (Å²) in [5.74, 6) is 1.12. The predicted molar refractivity (Wildman–Crippen MR) is 158 cm³/mol. The van der Waals surface area contributed by atoms with Crippen molar-refractivity contribution in [1.82, 2.24) is 34.5 Å². The first kappa shape index (κ1) is 28.9. The molecular formula is C29H35N9O4. The Balaban J connectivity index is 1.55. The van der Waals surface area contributed by atoms with E-state index in [9.17, 15) is 15.0 Å². The van der Waals surface area contributed by atoms with Gasteiger partial charge in [0.2, 0.25) is 11.8 Å². The molecule has 4 N–H and O–H groups in total. The standard InChI is InChI=1S/C29H35N9O4/c1-6-14-37-26(40)19-12-13-22(32-24(19)38(37)17(2)3)33-28-30-15-20(25-35-36-27(42-25)29(4,5)41)23(34-28)31-21(16-39)18-10-8-7-9-11-18/h7-13,15,17,21,39,41H,6,14,16H2,1-5H3,(H2,30,31,32,33,34)/t21-/m1/s1. The Labute approximate surface area is 242 Å². The zero-order valence-electron chi connectivity index (χ0n) is 24.2. The molecule has 0 fully saturated rings. The van der Waals surface area contributed by atoms with Gasteiger partial charge in [0.1, 0.15) is 17.2 Å². The minimum atomic E-state index is -1.34. The molecule has 0 radical (unpaired) electrons. The van der Waals surface area contributed by atoms with E-state index in [2.05, 4.69) is 30.8 Å². The topological polar surface area (TPSA) is 169 Å². The summed E-state index contributed by atoms with van der Waals surface area (Å²) in [6.07, 6.45) is 2.33. The Morgan fingerprint density at radius 2 is 1.83 bits per heavy atom. The number of anilines is 3. The highest BCUT2D eigenvalue weighted by Gasteiger charge is 2.26. The van der Waals surface area contributed by atoms with Gasteiger partial charge in [-0.05, 0) is 51.8 Å². The fourth-order valence-corrected chi connectivity index (χ4v) is 4.64. The molecule has 0 aliphatic carbocycles. The first-order valence-electron chi connectivity index (χ1n) is 13.9. The molecule has 13 nitrogen and oxygen atoms in total. The quantitative estimate of drug-likeness (QED) is 0.179. The van der Waals surface area contributed by atoms with E-state index < -0.39 is 11.6 Å². The minimum absolute atomic E-state index is 0.0208. The lowest BCUT2D eigenvalue weighted by Crippen LogP contribution is -2.24. The maximum atomic E-state index is 13.0. The highest BCUT2D eigenvalue weighted by Crippen LogP contribution is 2.31. The fourth-order valence-electron chi connectivity index (χ4n) is 4.64. The number of fused-ring (bicyclic) bond motifs is 1. The number of nitrogens with zero attached hydrogens (tertiary/aromatic N) is 7. The fraction of sp³-hybridized carbons (Fsp3) is 0.379. The zero-order chi connectivity index (χ0) is 30.0. The molecule has 0 amide bonds. The Kier molecular flexibility index (Phi) is 8.05. The monoisotopic (exact) mass is 573 g/mol. The summed E-state index contributed by atoms with van der Waals surface area (Å²) in [6.45, 7) is 9.52. The summed E-state index contributed by atoms with van der Waals surface area (Å²) in [5, 5.41) is 35.5. The molecule has 0 saturated heterocycles. The number of nitrogens with one attached hydrogen (secondary N) is 2. The van der Waals surface area contributed by atoms with E-state index in [0.29, 0.717) is 34.8 Å². The van der Waals surface area contributed by atoms with Gasteiger partial charge in [0.25, 0.3) is 11.4 Å². The molecule has 1 aromatic carbocycles. The Bertz CT molecular complexity index is 1740. The molecule has 4 aromatic heterocycles. The molecule has 1 atom stereocenters. The molecular weight excluding hydrogens is 538 g/mol. The summed E-state index contributed by atoms with van der Waals surface area (Å²) in [6, 6.07) is 12.4. The van der Waals surface area contributed by atoms with Crippen LogP contribution in [0.25, 0.3) is 22.5 Å². The highest BCUT2D eigenvalue weighted by molar-refractivity contribution is 5.77. The van der Waals surface area contributed by atoms with Crippen LogP contribution in [0.3, 0.4) is 0 Å². The van der Waals surface area contributed by atoms with Crippen molar-refractivity contribution < 1.29 is 14.6 Å². The number of benzene rings is 1. The molecule has 0 spiro atoms. The maximum absolute atomic E-state index is 13.0. The van der Waals surface area contributed by atoms with Crippen molar-refractivity contribution in [3.8, 4) is 11.5 Å². The van der Waals surface area contributed by atoms with Gasteiger partial charge in [-0.25, -0.2) is 14.6 Å². The van der Waals surface area contributed by atoms with Crippen LogP contribution in [0.5, 0.6) is 0 Å². The van der Waals surface area contributed by atoms with Crippen molar-refractivity contribution in [2.24, 2.45) is 0 Å². The third-order valence-corrected chi connectivity index (χ3v) is 6.64. The van der Waals surface area contributed by atoms with Gasteiger partial charge < -0.3 is 25.3 Å². The summed E-state index contributed by atoms with van der Waals surface area (Å²) in [7, 11) is 0. The lowest BCUT2D eigenvalue weighted by molar-refractivity contribution is 0.0488. The molecule has 5 aromatic rings. The SMILES string of the molecule is CCCn1c(=O)c2ccc(Nc3ncc(-c4nnc(C(C)(C)O)o4)c(N[C@H](CO)c4ccccc4)n3)nc2n1C(C)C. The van der Waals surface area contributed by atoms with Gasteiger partial charge >= 0.3 is 0 Å². The number of pyridine rings is 1. The van der Waals surface area contributed by atoms with Gasteiger partial charge in [0.15, 0.2) is 5.65 Å². The molecule has 0 aliphatic heterocycles. The second-order valence-corrected chi connectivity index (χ2v) is 10.8. The van der Waals surface area contributed by atoms with Crippen molar-refractivity contribution in [1.29, 1.82) is 0 Å². The van der Waals surface area contributed by atoms with Crippen LogP contribution in [-0.4, -0.2) is 51.3 Å². The molecule has 0 aliphatic rings. The summed E-state index contributed by atoms with van der Waals surface area (Å²) in [5.41, 5.74) is 0.380. The average molecular weight is 574 g/mol.